The monoisotopic (exact) mass is 361 g/mol. The maximum absolute atomic E-state index is 15.0. The molecule has 4 rings (SSSR count). The van der Waals surface area contributed by atoms with Crippen molar-refractivity contribution in [1.82, 2.24) is 9.47 Å². The molecule has 7 nitrogen and oxygen atoms in total. The van der Waals surface area contributed by atoms with Gasteiger partial charge in [-0.3, -0.25) is 4.79 Å². The molecule has 1 fully saturated rings. The largest absolute Gasteiger partial charge is 0.478 e. The molecule has 1 aromatic heterocycles. The summed E-state index contributed by atoms with van der Waals surface area (Å²) in [6.07, 6.45) is 0.407. The molecule has 1 N–H and O–H groups in total. The Kier molecular flexibility index (Phi) is 3.87. The fourth-order valence-electron chi connectivity index (χ4n) is 3.77. The average molecular weight is 361 g/mol. The molecule has 1 saturated heterocycles. The Morgan fingerprint density at radius 1 is 1.31 bits per heavy atom. The van der Waals surface area contributed by atoms with Crippen molar-refractivity contribution in [3.05, 3.63) is 34.4 Å². The first kappa shape index (κ1) is 16.8. The first-order valence-corrected chi connectivity index (χ1v) is 8.59. The van der Waals surface area contributed by atoms with Crippen molar-refractivity contribution >= 4 is 22.6 Å². The number of carboxylic acids is 1. The van der Waals surface area contributed by atoms with Crippen molar-refractivity contribution in [3.8, 4) is 5.75 Å². The van der Waals surface area contributed by atoms with Crippen LogP contribution in [0.3, 0.4) is 0 Å². The van der Waals surface area contributed by atoms with Crippen LogP contribution in [-0.2, 0) is 4.79 Å². The third kappa shape index (κ3) is 2.44. The van der Waals surface area contributed by atoms with E-state index < -0.39 is 23.9 Å². The quantitative estimate of drug-likeness (QED) is 0.869. The summed E-state index contributed by atoms with van der Waals surface area (Å²) in [7, 11) is 1.99. The predicted molar refractivity (Wildman–Crippen MR) is 94.6 cm³/mol. The van der Waals surface area contributed by atoms with Crippen LogP contribution in [0.2, 0.25) is 0 Å². The summed E-state index contributed by atoms with van der Waals surface area (Å²) in [6, 6.07) is 2.05. The third-order valence-corrected chi connectivity index (χ3v) is 5.28. The van der Waals surface area contributed by atoms with Gasteiger partial charge in [0, 0.05) is 38.4 Å². The summed E-state index contributed by atoms with van der Waals surface area (Å²) in [4.78, 5) is 27.9. The number of aromatic nitrogens is 1. The summed E-state index contributed by atoms with van der Waals surface area (Å²) >= 11 is 0. The third-order valence-electron chi connectivity index (χ3n) is 5.28. The van der Waals surface area contributed by atoms with Gasteiger partial charge in [-0.25, -0.2) is 9.18 Å². The van der Waals surface area contributed by atoms with E-state index in [1.54, 1.807) is 17.7 Å². The lowest BCUT2D eigenvalue weighted by molar-refractivity contribution is -0.147. The number of aliphatic carboxylic acids is 1. The molecule has 2 aliphatic rings. The Labute approximate surface area is 149 Å². The minimum Gasteiger partial charge on any atom is -0.478 e. The maximum atomic E-state index is 15.0. The van der Waals surface area contributed by atoms with Crippen molar-refractivity contribution in [2.45, 2.75) is 19.1 Å². The highest BCUT2D eigenvalue weighted by atomic mass is 19.1. The van der Waals surface area contributed by atoms with Gasteiger partial charge in [0.25, 0.3) is 0 Å². The Balaban J connectivity index is 1.98. The molecule has 8 heteroatoms. The first-order valence-electron chi connectivity index (χ1n) is 8.59. The second-order valence-electron chi connectivity index (χ2n) is 6.93. The number of hydrogen-bond donors (Lipinski definition) is 1. The lowest BCUT2D eigenvalue weighted by Gasteiger charge is -2.38. The van der Waals surface area contributed by atoms with Crippen LogP contribution >= 0.6 is 0 Å². The number of rotatable bonds is 2. The van der Waals surface area contributed by atoms with Crippen LogP contribution in [0.4, 0.5) is 10.1 Å². The Bertz CT molecular complexity index is 950. The number of ether oxygens (including phenoxy) is 1. The molecule has 0 bridgehead atoms. The van der Waals surface area contributed by atoms with Gasteiger partial charge in [-0.2, -0.15) is 0 Å². The highest BCUT2D eigenvalue weighted by molar-refractivity contribution is 5.93. The Morgan fingerprint density at radius 2 is 2.00 bits per heavy atom. The molecule has 2 atom stereocenters. The molecular weight excluding hydrogens is 341 g/mol. The van der Waals surface area contributed by atoms with Gasteiger partial charge in [0.05, 0.1) is 16.9 Å². The molecule has 0 amide bonds. The van der Waals surface area contributed by atoms with Gasteiger partial charge in [0.1, 0.15) is 5.69 Å². The smallest absolute Gasteiger partial charge is 0.347 e. The van der Waals surface area contributed by atoms with Crippen LogP contribution in [0.5, 0.6) is 5.75 Å². The van der Waals surface area contributed by atoms with E-state index in [4.69, 9.17) is 4.74 Å². The van der Waals surface area contributed by atoms with E-state index in [1.165, 1.54) is 12.1 Å². The van der Waals surface area contributed by atoms with Gasteiger partial charge in [-0.15, -0.1) is 0 Å². The summed E-state index contributed by atoms with van der Waals surface area (Å²) in [6.45, 7) is 4.43. The minimum atomic E-state index is -1.15. The number of piperazine rings is 1. The number of anilines is 1. The predicted octanol–water partition coefficient (Wildman–Crippen LogP) is 1.30. The van der Waals surface area contributed by atoms with E-state index in [1.807, 2.05) is 11.9 Å². The number of pyridine rings is 1. The van der Waals surface area contributed by atoms with E-state index in [2.05, 4.69) is 4.90 Å². The Hall–Kier alpha value is -2.61. The topological polar surface area (TPSA) is 75.0 Å². The number of halogens is 1. The molecule has 1 aromatic carbocycles. The van der Waals surface area contributed by atoms with Crippen molar-refractivity contribution < 1.29 is 19.0 Å². The fourth-order valence-corrected chi connectivity index (χ4v) is 3.77. The van der Waals surface area contributed by atoms with E-state index >= 15 is 0 Å². The summed E-state index contributed by atoms with van der Waals surface area (Å²) in [5, 5.41) is 9.74. The standard InChI is InChI=1S/C18H20FN3O4/c1-10-16(18(24)25)26-17-14-11(13(23)3-4-22(10)14)9-12(19)15(17)21-7-5-20(2)6-8-21/h3-4,9-10,16H,5-8H2,1-2H3,(H,24,25)/t10-,16?/m0/s1. The minimum absolute atomic E-state index is 0.146. The lowest BCUT2D eigenvalue weighted by Crippen LogP contribution is -2.46. The number of carbonyl (C=O) groups is 1. The molecule has 26 heavy (non-hydrogen) atoms. The number of hydrogen-bond acceptors (Lipinski definition) is 5. The molecule has 0 radical (unpaired) electrons. The molecule has 3 heterocycles. The molecule has 1 unspecified atom stereocenters. The SMILES string of the molecule is C[C@H]1C(C(=O)O)Oc2c(N3CCN(C)CC3)c(F)cc3c(=O)ccn1c23. The highest BCUT2D eigenvalue weighted by Gasteiger charge is 2.37. The Morgan fingerprint density at radius 3 is 2.65 bits per heavy atom. The zero-order chi connectivity index (χ0) is 18.6. The first-order chi connectivity index (χ1) is 12.4. The van der Waals surface area contributed by atoms with Gasteiger partial charge in [0.15, 0.2) is 17.0 Å². The molecule has 0 saturated carbocycles. The molecule has 138 valence electrons. The normalized spacial score (nSPS) is 23.1. The fraction of sp³-hybridized carbons (Fsp3) is 0.444. The van der Waals surface area contributed by atoms with Crippen molar-refractivity contribution in [2.24, 2.45) is 0 Å². The van der Waals surface area contributed by atoms with Crippen LogP contribution in [0.15, 0.2) is 23.1 Å². The number of likely N-dealkylation sites (N-methyl/N-ethyl adjacent to an activating group) is 1. The van der Waals surface area contributed by atoms with Gasteiger partial charge in [-0.05, 0) is 20.0 Å². The van der Waals surface area contributed by atoms with Crippen LogP contribution in [-0.4, -0.2) is 59.9 Å². The molecule has 2 aliphatic heterocycles. The van der Waals surface area contributed by atoms with Crippen LogP contribution < -0.4 is 15.1 Å². The lowest BCUT2D eigenvalue weighted by atomic mass is 10.0. The molecule has 0 spiro atoms. The number of carboxylic acid groups (broad SMARTS) is 1. The van der Waals surface area contributed by atoms with Gasteiger partial charge >= 0.3 is 5.97 Å². The second-order valence-corrected chi connectivity index (χ2v) is 6.93. The zero-order valence-corrected chi connectivity index (χ0v) is 14.6. The van der Waals surface area contributed by atoms with Gasteiger partial charge in [0.2, 0.25) is 6.10 Å². The summed E-state index contributed by atoms with van der Waals surface area (Å²) in [5.74, 6) is -1.54. The highest BCUT2D eigenvalue weighted by Crippen LogP contribution is 2.43. The average Bonchev–Trinajstić information content (AvgIpc) is 2.60. The zero-order valence-electron chi connectivity index (χ0n) is 14.6. The summed E-state index contributed by atoms with van der Waals surface area (Å²) < 4.78 is 22.5. The van der Waals surface area contributed by atoms with Crippen LogP contribution in [0.25, 0.3) is 10.9 Å². The second kappa shape index (κ2) is 5.98. The van der Waals surface area contributed by atoms with Gasteiger partial charge < -0.3 is 24.2 Å². The van der Waals surface area contributed by atoms with Crippen molar-refractivity contribution in [3.63, 3.8) is 0 Å². The van der Waals surface area contributed by atoms with Crippen LogP contribution in [0.1, 0.15) is 13.0 Å². The van der Waals surface area contributed by atoms with Crippen molar-refractivity contribution in [2.75, 3.05) is 38.1 Å². The van der Waals surface area contributed by atoms with E-state index in [0.29, 0.717) is 18.6 Å². The summed E-state index contributed by atoms with van der Waals surface area (Å²) in [5.41, 5.74) is 0.381. The number of nitrogens with zero attached hydrogens (tertiary/aromatic N) is 3. The van der Waals surface area contributed by atoms with E-state index in [-0.39, 0.29) is 22.3 Å². The van der Waals surface area contributed by atoms with Crippen molar-refractivity contribution in [1.29, 1.82) is 0 Å². The number of benzene rings is 1. The molecular formula is C18H20FN3O4. The van der Waals surface area contributed by atoms with E-state index in [0.717, 1.165) is 13.1 Å². The van der Waals surface area contributed by atoms with Crippen LogP contribution in [0, 0.1) is 5.82 Å². The molecule has 2 aromatic rings. The van der Waals surface area contributed by atoms with E-state index in [9.17, 15) is 19.1 Å². The maximum Gasteiger partial charge on any atom is 0.347 e. The molecule has 0 aliphatic carbocycles. The van der Waals surface area contributed by atoms with Gasteiger partial charge in [-0.1, -0.05) is 0 Å².